The molecule has 0 unspecified atom stereocenters. The van der Waals surface area contributed by atoms with Gasteiger partial charge in [-0.25, -0.2) is 0 Å². The molecule has 0 N–H and O–H groups in total. The molecule has 0 radical (unpaired) electrons. The van der Waals surface area contributed by atoms with Crippen molar-refractivity contribution in [1.82, 2.24) is 4.68 Å². The van der Waals surface area contributed by atoms with Gasteiger partial charge in [0.15, 0.2) is 0 Å². The first-order chi connectivity index (χ1) is 10.3. The number of esters is 1. The largest absolute Gasteiger partial charge is 0.595 e. The Hall–Kier alpha value is -2.50. The number of methoxy groups -OCH3 is 1. The maximum atomic E-state index is 12.5. The molecule has 0 saturated heterocycles. The van der Waals surface area contributed by atoms with Crippen LogP contribution in [-0.4, -0.2) is 17.8 Å². The summed E-state index contributed by atoms with van der Waals surface area (Å²) < 4.78 is 12.0. The standard InChI is InChI=1S/C16H18N2O4/c1-16(2)8-13(22-14(19)9-16)15-11-7-10(21-4)5-6-12(11)17(3)18(15)20/h5-8H,9H2,1-4H3. The zero-order valence-corrected chi connectivity index (χ0v) is 13.0. The van der Waals surface area contributed by atoms with E-state index in [-0.39, 0.29) is 11.4 Å². The number of cyclic esters (lactones) is 1. The van der Waals surface area contributed by atoms with E-state index in [0.29, 0.717) is 29.0 Å². The molecule has 1 aliphatic rings. The third-order valence-corrected chi connectivity index (χ3v) is 3.85. The van der Waals surface area contributed by atoms with E-state index in [9.17, 15) is 10.0 Å². The number of aromatic nitrogens is 2. The number of hydrogen-bond acceptors (Lipinski definition) is 4. The Bertz CT molecular complexity index is 802. The fourth-order valence-electron chi connectivity index (χ4n) is 2.77. The van der Waals surface area contributed by atoms with Crippen LogP contribution >= 0.6 is 0 Å². The Morgan fingerprint density at radius 1 is 1.41 bits per heavy atom. The van der Waals surface area contributed by atoms with E-state index >= 15 is 0 Å². The summed E-state index contributed by atoms with van der Waals surface area (Å²) >= 11 is 0. The average Bonchev–Trinajstić information content (AvgIpc) is 2.68. The van der Waals surface area contributed by atoms with Gasteiger partial charge >= 0.3 is 5.97 Å². The lowest BCUT2D eigenvalue weighted by Gasteiger charge is -2.24. The molecule has 0 amide bonds. The zero-order valence-electron chi connectivity index (χ0n) is 13.0. The van der Waals surface area contributed by atoms with Crippen molar-refractivity contribution >= 4 is 22.6 Å². The highest BCUT2D eigenvalue weighted by Gasteiger charge is 2.34. The minimum Gasteiger partial charge on any atom is -0.595 e. The van der Waals surface area contributed by atoms with Gasteiger partial charge in [0.2, 0.25) is 5.76 Å². The first-order valence-electron chi connectivity index (χ1n) is 7.02. The number of rotatable bonds is 2. The van der Waals surface area contributed by atoms with Crippen molar-refractivity contribution in [2.24, 2.45) is 12.5 Å². The lowest BCUT2D eigenvalue weighted by Crippen LogP contribution is -2.39. The van der Waals surface area contributed by atoms with E-state index in [4.69, 9.17) is 9.47 Å². The summed E-state index contributed by atoms with van der Waals surface area (Å²) in [5.41, 5.74) is 0.724. The highest BCUT2D eigenvalue weighted by Crippen LogP contribution is 2.36. The summed E-state index contributed by atoms with van der Waals surface area (Å²) in [7, 11) is 3.24. The van der Waals surface area contributed by atoms with Crippen molar-refractivity contribution in [3.05, 3.63) is 35.2 Å². The number of benzene rings is 1. The number of fused-ring (bicyclic) bond motifs is 1. The second-order valence-electron chi connectivity index (χ2n) is 6.18. The molecule has 116 valence electrons. The van der Waals surface area contributed by atoms with Gasteiger partial charge in [-0.05, 0) is 29.7 Å². The van der Waals surface area contributed by atoms with Gasteiger partial charge in [-0.1, -0.05) is 18.7 Å². The summed E-state index contributed by atoms with van der Waals surface area (Å²) in [6.07, 6.45) is 2.13. The van der Waals surface area contributed by atoms with Crippen LogP contribution in [0, 0.1) is 10.6 Å². The van der Waals surface area contributed by atoms with E-state index in [0.717, 1.165) is 10.4 Å². The number of hydrogen-bond donors (Lipinski definition) is 0. The quantitative estimate of drug-likeness (QED) is 0.484. The first kappa shape index (κ1) is 14.4. The van der Waals surface area contributed by atoms with Crippen LogP contribution in [0.5, 0.6) is 5.75 Å². The molecule has 6 nitrogen and oxygen atoms in total. The molecule has 1 aliphatic heterocycles. The third kappa shape index (κ3) is 2.20. The highest BCUT2D eigenvalue weighted by atomic mass is 16.5. The van der Waals surface area contributed by atoms with Gasteiger partial charge in [-0.15, -0.1) is 4.68 Å². The van der Waals surface area contributed by atoms with Crippen LogP contribution in [-0.2, 0) is 16.6 Å². The molecule has 0 aliphatic carbocycles. The van der Waals surface area contributed by atoms with E-state index in [2.05, 4.69) is 0 Å². The van der Waals surface area contributed by atoms with Crippen molar-refractivity contribution in [2.45, 2.75) is 20.3 Å². The van der Waals surface area contributed by atoms with Crippen molar-refractivity contribution in [3.8, 4) is 5.75 Å². The Kier molecular flexibility index (Phi) is 3.12. The zero-order chi connectivity index (χ0) is 16.1. The SMILES string of the molecule is COc1ccc2c(c1)c(C1=CC(C)(C)CC(=O)O1)[n+]([O-])n2C. The van der Waals surface area contributed by atoms with Gasteiger partial charge in [0.1, 0.15) is 11.3 Å². The smallest absolute Gasteiger partial charge is 0.312 e. The molecular formula is C16H18N2O4. The van der Waals surface area contributed by atoms with Crippen LogP contribution in [0.4, 0.5) is 0 Å². The van der Waals surface area contributed by atoms with E-state index in [1.807, 2.05) is 26.0 Å². The molecule has 1 aromatic heterocycles. The van der Waals surface area contributed by atoms with Gasteiger partial charge in [0.25, 0.3) is 5.69 Å². The van der Waals surface area contributed by atoms with Crippen molar-refractivity contribution < 1.29 is 19.1 Å². The van der Waals surface area contributed by atoms with Gasteiger partial charge in [-0.2, -0.15) is 0 Å². The molecule has 0 bridgehead atoms. The molecule has 1 aromatic carbocycles. The van der Waals surface area contributed by atoms with Crippen molar-refractivity contribution in [2.75, 3.05) is 7.11 Å². The van der Waals surface area contributed by atoms with Crippen LogP contribution < -0.4 is 9.58 Å². The van der Waals surface area contributed by atoms with Crippen LogP contribution in [0.1, 0.15) is 26.0 Å². The molecule has 6 heteroatoms. The molecular weight excluding hydrogens is 284 g/mol. The number of allylic oxidation sites excluding steroid dienone is 1. The minimum atomic E-state index is -0.349. The molecule has 22 heavy (non-hydrogen) atoms. The van der Waals surface area contributed by atoms with E-state index in [1.54, 1.807) is 26.3 Å². The Balaban J connectivity index is 2.28. The Labute approximate surface area is 128 Å². The number of aryl methyl sites for hydroxylation is 1. The van der Waals surface area contributed by atoms with Gasteiger partial charge in [-0.3, -0.25) is 4.79 Å². The summed E-state index contributed by atoms with van der Waals surface area (Å²) in [4.78, 5) is 12.6. The second-order valence-corrected chi connectivity index (χ2v) is 6.18. The molecule has 0 saturated carbocycles. The summed E-state index contributed by atoms with van der Waals surface area (Å²) in [5, 5.41) is 13.2. The van der Waals surface area contributed by atoms with Gasteiger partial charge in [0, 0.05) is 0 Å². The van der Waals surface area contributed by atoms with Gasteiger partial charge in [0.05, 0.1) is 26.0 Å². The highest BCUT2D eigenvalue weighted by molar-refractivity contribution is 5.92. The third-order valence-electron chi connectivity index (χ3n) is 3.85. The molecule has 0 fully saturated rings. The van der Waals surface area contributed by atoms with Crippen LogP contribution in [0.2, 0.25) is 0 Å². The first-order valence-corrected chi connectivity index (χ1v) is 7.02. The fraction of sp³-hybridized carbons (Fsp3) is 0.375. The van der Waals surface area contributed by atoms with Crippen LogP contribution in [0.25, 0.3) is 16.7 Å². The second kappa shape index (κ2) is 4.76. The minimum absolute atomic E-state index is 0.295. The molecule has 3 rings (SSSR count). The number of carbonyl (C=O) groups excluding carboxylic acids is 1. The molecule has 2 heterocycles. The molecule has 0 atom stereocenters. The predicted octanol–water partition coefficient (Wildman–Crippen LogP) is 2.13. The monoisotopic (exact) mass is 302 g/mol. The summed E-state index contributed by atoms with van der Waals surface area (Å²) in [6.45, 7) is 3.88. The summed E-state index contributed by atoms with van der Waals surface area (Å²) in [5.74, 6) is 0.611. The predicted molar refractivity (Wildman–Crippen MR) is 80.9 cm³/mol. The lowest BCUT2D eigenvalue weighted by molar-refractivity contribution is -0.691. The fourth-order valence-corrected chi connectivity index (χ4v) is 2.77. The van der Waals surface area contributed by atoms with Crippen LogP contribution in [0.3, 0.4) is 0 Å². The maximum absolute atomic E-state index is 12.5. The Morgan fingerprint density at radius 2 is 2.14 bits per heavy atom. The van der Waals surface area contributed by atoms with Crippen molar-refractivity contribution in [3.63, 3.8) is 0 Å². The molecule has 2 aromatic rings. The van der Waals surface area contributed by atoms with Crippen LogP contribution in [0.15, 0.2) is 24.3 Å². The summed E-state index contributed by atoms with van der Waals surface area (Å²) in [6, 6.07) is 5.37. The van der Waals surface area contributed by atoms with E-state index < -0.39 is 0 Å². The topological polar surface area (TPSA) is 67.4 Å². The van der Waals surface area contributed by atoms with Crippen molar-refractivity contribution in [1.29, 1.82) is 0 Å². The van der Waals surface area contributed by atoms with Gasteiger partial charge < -0.3 is 14.7 Å². The van der Waals surface area contributed by atoms with E-state index in [1.165, 1.54) is 4.68 Å². The average molecular weight is 302 g/mol. The number of ether oxygens (including phenoxy) is 2. The Morgan fingerprint density at radius 3 is 2.77 bits per heavy atom. The number of carbonyl (C=O) groups is 1. The number of nitrogens with zero attached hydrogens (tertiary/aromatic N) is 2. The lowest BCUT2D eigenvalue weighted by atomic mass is 9.86. The maximum Gasteiger partial charge on any atom is 0.312 e. The normalized spacial score (nSPS) is 17.3. The molecule has 0 spiro atoms.